The Labute approximate surface area is 92.4 Å². The van der Waals surface area contributed by atoms with Crippen LogP contribution in [0.4, 0.5) is 0 Å². The minimum Gasteiger partial charge on any atom is -0.316 e. The average molecular weight is 221 g/mol. The lowest BCUT2D eigenvalue weighted by molar-refractivity contribution is -0.133. The minimum atomic E-state index is 0. The van der Waals surface area contributed by atoms with Crippen LogP contribution >= 0.6 is 12.0 Å². The fourth-order valence-corrected chi connectivity index (χ4v) is 1.28. The number of hydrogen-bond donors (Lipinski definition) is 0. The zero-order chi connectivity index (χ0) is 10.3. The van der Waals surface area contributed by atoms with E-state index in [-0.39, 0.29) is 19.4 Å². The summed E-state index contributed by atoms with van der Waals surface area (Å²) in [5, 5.41) is 0. The van der Waals surface area contributed by atoms with Gasteiger partial charge in [-0.25, -0.2) is 0 Å². The van der Waals surface area contributed by atoms with Gasteiger partial charge in [-0.3, -0.25) is 8.98 Å². The van der Waals surface area contributed by atoms with Gasteiger partial charge in [0.25, 0.3) is 0 Å². The van der Waals surface area contributed by atoms with Crippen LogP contribution in [0.15, 0.2) is 0 Å². The molecule has 0 bridgehead atoms. The molecule has 3 nitrogen and oxygen atoms in total. The largest absolute Gasteiger partial charge is 0.316 e. The van der Waals surface area contributed by atoms with Crippen molar-refractivity contribution in [3.05, 3.63) is 0 Å². The van der Waals surface area contributed by atoms with Gasteiger partial charge in [-0.1, -0.05) is 21.3 Å². The Morgan fingerprint density at radius 2 is 2.07 bits per heavy atom. The van der Waals surface area contributed by atoms with Gasteiger partial charge in [-0.05, 0) is 25.4 Å². The fourth-order valence-electron chi connectivity index (χ4n) is 0.926. The molecule has 14 heavy (non-hydrogen) atoms. The third kappa shape index (κ3) is 6.27. The van der Waals surface area contributed by atoms with E-state index >= 15 is 0 Å². The number of carbonyl (C=O) groups excluding carboxylic acids is 1. The molecule has 1 amide bonds. The van der Waals surface area contributed by atoms with E-state index in [0.717, 1.165) is 12.2 Å². The van der Waals surface area contributed by atoms with E-state index in [4.69, 9.17) is 4.18 Å². The third-order valence-corrected chi connectivity index (χ3v) is 2.43. The van der Waals surface area contributed by atoms with Crippen LogP contribution in [0.2, 0.25) is 0 Å². The highest BCUT2D eigenvalue weighted by Gasteiger charge is 2.14. The number of rotatable bonds is 6. The molecule has 0 aromatic rings. The first-order chi connectivity index (χ1) is 6.13. The van der Waals surface area contributed by atoms with Crippen LogP contribution in [-0.2, 0) is 8.98 Å². The summed E-state index contributed by atoms with van der Waals surface area (Å²) in [5.41, 5.74) is 0. The lowest BCUT2D eigenvalue weighted by Crippen LogP contribution is -2.37. The first-order valence-corrected chi connectivity index (χ1v) is 5.56. The molecule has 0 saturated carbocycles. The molecular formula is C10H23NO2S. The van der Waals surface area contributed by atoms with E-state index in [9.17, 15) is 4.79 Å². The molecule has 0 radical (unpaired) electrons. The molecule has 0 aromatic heterocycles. The van der Waals surface area contributed by atoms with Gasteiger partial charge < -0.3 is 4.90 Å². The predicted octanol–water partition coefficient (Wildman–Crippen LogP) is 2.91. The van der Waals surface area contributed by atoms with Gasteiger partial charge in [0.05, 0.1) is 0 Å². The van der Waals surface area contributed by atoms with Gasteiger partial charge in [0.2, 0.25) is 5.91 Å². The molecule has 0 N–H and O–H groups in total. The summed E-state index contributed by atoms with van der Waals surface area (Å²) >= 11 is 1.39. The Kier molecular flexibility index (Phi) is 10.8. The molecule has 0 aliphatic carbocycles. The Morgan fingerprint density at radius 3 is 2.43 bits per heavy atom. The second-order valence-electron chi connectivity index (χ2n) is 2.90. The Morgan fingerprint density at radius 1 is 1.50 bits per heavy atom. The van der Waals surface area contributed by atoms with Crippen LogP contribution in [0, 0.1) is 0 Å². The Hall–Kier alpha value is -0.220. The second kappa shape index (κ2) is 9.34. The molecule has 0 aliphatic rings. The highest BCUT2D eigenvalue weighted by atomic mass is 32.2. The molecular weight excluding hydrogens is 198 g/mol. The van der Waals surface area contributed by atoms with E-state index in [1.807, 2.05) is 13.8 Å². The smallest absolute Gasteiger partial charge is 0.221 e. The Balaban J connectivity index is 0. The van der Waals surface area contributed by atoms with Gasteiger partial charge in [0.1, 0.15) is 6.73 Å². The average Bonchev–Trinajstić information content (AvgIpc) is 2.11. The first kappa shape index (κ1) is 16.2. The summed E-state index contributed by atoms with van der Waals surface area (Å²) in [6.07, 6.45) is 0.958. The lowest BCUT2D eigenvalue weighted by atomic mass is 10.2. The molecule has 1 atom stereocenters. The van der Waals surface area contributed by atoms with Crippen molar-refractivity contribution < 1.29 is 8.98 Å². The zero-order valence-corrected chi connectivity index (χ0v) is 9.69. The van der Waals surface area contributed by atoms with Crippen molar-refractivity contribution in [2.75, 3.05) is 12.5 Å². The summed E-state index contributed by atoms with van der Waals surface area (Å²) < 4.78 is 5.25. The Bertz CT molecular complexity index is 153. The maximum atomic E-state index is 11.2. The SMILES string of the molecule is C.CCSOCN(C(C)=O)C(C)CC. The molecule has 0 aromatic carbocycles. The molecule has 0 rings (SSSR count). The fraction of sp³-hybridized carbons (Fsp3) is 0.900. The second-order valence-corrected chi connectivity index (χ2v) is 3.95. The van der Waals surface area contributed by atoms with Gasteiger partial charge in [-0.2, -0.15) is 0 Å². The minimum absolute atomic E-state index is 0. The summed E-state index contributed by atoms with van der Waals surface area (Å²) in [5.74, 6) is 0.984. The summed E-state index contributed by atoms with van der Waals surface area (Å²) in [7, 11) is 0. The number of carbonyl (C=O) groups is 1. The van der Waals surface area contributed by atoms with Crippen LogP contribution in [0.5, 0.6) is 0 Å². The molecule has 1 unspecified atom stereocenters. The number of nitrogens with zero attached hydrogens (tertiary/aromatic N) is 1. The van der Waals surface area contributed by atoms with Gasteiger partial charge in [-0.15, -0.1) is 0 Å². The van der Waals surface area contributed by atoms with E-state index < -0.39 is 0 Å². The highest BCUT2D eigenvalue weighted by Crippen LogP contribution is 2.08. The highest BCUT2D eigenvalue weighted by molar-refractivity contribution is 7.94. The van der Waals surface area contributed by atoms with E-state index in [1.165, 1.54) is 12.0 Å². The third-order valence-electron chi connectivity index (χ3n) is 1.92. The monoisotopic (exact) mass is 221 g/mol. The van der Waals surface area contributed by atoms with Crippen LogP contribution in [0.25, 0.3) is 0 Å². The number of hydrogen-bond acceptors (Lipinski definition) is 3. The van der Waals surface area contributed by atoms with Crippen molar-refractivity contribution in [2.45, 2.75) is 47.6 Å². The first-order valence-electron chi connectivity index (χ1n) is 4.65. The van der Waals surface area contributed by atoms with Crippen LogP contribution in [0.1, 0.15) is 41.5 Å². The van der Waals surface area contributed by atoms with Crippen molar-refractivity contribution in [3.63, 3.8) is 0 Å². The van der Waals surface area contributed by atoms with E-state index in [2.05, 4.69) is 6.92 Å². The molecule has 0 aliphatic heterocycles. The summed E-state index contributed by atoms with van der Waals surface area (Å²) in [6.45, 7) is 8.08. The molecule has 0 spiro atoms. The maximum absolute atomic E-state index is 11.2. The molecule has 4 heteroatoms. The zero-order valence-electron chi connectivity index (χ0n) is 8.87. The van der Waals surface area contributed by atoms with Crippen LogP contribution < -0.4 is 0 Å². The standard InChI is InChI=1S/C9H19NO2S.CH4/c1-5-8(3)10(9(4)11)7-12-13-6-2;/h8H,5-7H2,1-4H3;1H4. The topological polar surface area (TPSA) is 29.5 Å². The van der Waals surface area contributed by atoms with Gasteiger partial charge >= 0.3 is 0 Å². The van der Waals surface area contributed by atoms with Crippen molar-refractivity contribution in [2.24, 2.45) is 0 Å². The molecule has 0 heterocycles. The van der Waals surface area contributed by atoms with Crippen molar-refractivity contribution in [1.29, 1.82) is 0 Å². The van der Waals surface area contributed by atoms with Gasteiger partial charge in [0.15, 0.2) is 0 Å². The van der Waals surface area contributed by atoms with Crippen molar-refractivity contribution in [1.82, 2.24) is 4.90 Å². The predicted molar refractivity (Wildman–Crippen MR) is 63.1 cm³/mol. The van der Waals surface area contributed by atoms with Crippen molar-refractivity contribution >= 4 is 17.9 Å². The molecule has 86 valence electrons. The van der Waals surface area contributed by atoms with Crippen LogP contribution in [-0.4, -0.2) is 29.3 Å². The maximum Gasteiger partial charge on any atom is 0.221 e. The summed E-state index contributed by atoms with van der Waals surface area (Å²) in [4.78, 5) is 12.9. The van der Waals surface area contributed by atoms with E-state index in [0.29, 0.717) is 6.73 Å². The normalized spacial score (nSPS) is 11.7. The van der Waals surface area contributed by atoms with Gasteiger partial charge in [0, 0.05) is 18.7 Å². The molecule has 0 saturated heterocycles. The van der Waals surface area contributed by atoms with E-state index in [1.54, 1.807) is 11.8 Å². The quantitative estimate of drug-likeness (QED) is 0.392. The molecule has 0 fully saturated rings. The summed E-state index contributed by atoms with van der Waals surface area (Å²) in [6, 6.07) is 0.259. The van der Waals surface area contributed by atoms with Crippen LogP contribution in [0.3, 0.4) is 0 Å². The van der Waals surface area contributed by atoms with Crippen molar-refractivity contribution in [3.8, 4) is 0 Å². The number of amides is 1. The lowest BCUT2D eigenvalue weighted by Gasteiger charge is -2.26.